The van der Waals surface area contributed by atoms with Crippen LogP contribution in [-0.4, -0.2) is 34.3 Å². The number of methoxy groups -OCH3 is 1. The molecule has 0 fully saturated rings. The van der Waals surface area contributed by atoms with E-state index in [-0.39, 0.29) is 0 Å². The van der Waals surface area contributed by atoms with E-state index in [1.165, 1.54) is 4.68 Å². The minimum atomic E-state index is 0.376. The van der Waals surface area contributed by atoms with Crippen molar-refractivity contribution in [1.82, 2.24) is 14.9 Å². The van der Waals surface area contributed by atoms with Gasteiger partial charge in [0, 0.05) is 12.9 Å². The van der Waals surface area contributed by atoms with Crippen LogP contribution in [0.5, 0.6) is 0 Å². The first kappa shape index (κ1) is 11.3. The Kier molecular flexibility index (Phi) is 4.71. The van der Waals surface area contributed by atoms with Gasteiger partial charge in [0.2, 0.25) is 5.16 Å². The summed E-state index contributed by atoms with van der Waals surface area (Å²) in [5.74, 6) is 7.26. The molecule has 1 aromatic heterocycles. The normalized spacial score (nSPS) is 10.7. The fraction of sp³-hybridized carbons (Fsp3) is 0.714. The third-order valence-electron chi connectivity index (χ3n) is 1.59. The van der Waals surface area contributed by atoms with E-state index in [9.17, 15) is 0 Å². The summed E-state index contributed by atoms with van der Waals surface area (Å²) < 4.78 is 6.36. The van der Waals surface area contributed by atoms with E-state index in [0.717, 1.165) is 12.2 Å². The number of aromatic nitrogens is 3. The van der Waals surface area contributed by atoms with Gasteiger partial charge in [-0.05, 0) is 13.0 Å². The predicted octanol–water partition coefficient (Wildman–Crippen LogP) is -0.421. The third-order valence-corrected chi connectivity index (χ3v) is 2.62. The molecule has 1 aromatic rings. The number of nitrogen functional groups attached to an aromatic ring is 1. The maximum atomic E-state index is 5.73. The van der Waals surface area contributed by atoms with Crippen LogP contribution in [0, 0.1) is 0 Å². The highest BCUT2D eigenvalue weighted by molar-refractivity contribution is 7.99. The van der Waals surface area contributed by atoms with Crippen LogP contribution in [0.2, 0.25) is 0 Å². The average molecular weight is 217 g/mol. The molecule has 0 saturated carbocycles. The van der Waals surface area contributed by atoms with Gasteiger partial charge in [-0.15, -0.1) is 10.2 Å². The second kappa shape index (κ2) is 5.84. The van der Waals surface area contributed by atoms with Crippen LogP contribution in [0.25, 0.3) is 0 Å². The molecular formula is C7H15N5OS. The van der Waals surface area contributed by atoms with Gasteiger partial charge in [-0.1, -0.05) is 11.8 Å². The van der Waals surface area contributed by atoms with Crippen molar-refractivity contribution in [3.63, 3.8) is 0 Å². The van der Waals surface area contributed by atoms with E-state index in [4.69, 9.17) is 16.3 Å². The molecule has 0 unspecified atom stereocenters. The minimum absolute atomic E-state index is 0.376. The molecule has 1 heterocycles. The largest absolute Gasteiger partial charge is 0.377 e. The summed E-state index contributed by atoms with van der Waals surface area (Å²) in [7, 11) is 1.59. The van der Waals surface area contributed by atoms with Gasteiger partial charge in [0.25, 0.3) is 0 Å². The Bertz CT molecular complexity index is 277. The molecule has 0 amide bonds. The molecular weight excluding hydrogens is 202 g/mol. The zero-order valence-electron chi connectivity index (χ0n) is 8.14. The third kappa shape index (κ3) is 2.86. The van der Waals surface area contributed by atoms with Crippen LogP contribution in [0.1, 0.15) is 12.2 Å². The van der Waals surface area contributed by atoms with Crippen molar-refractivity contribution in [2.75, 3.05) is 25.3 Å². The molecule has 0 aliphatic carbocycles. The number of nitrogens with two attached hydrogens (primary N) is 2. The molecule has 6 nitrogen and oxygen atoms in total. The second-order valence-electron chi connectivity index (χ2n) is 2.69. The molecule has 0 saturated heterocycles. The number of thioether (sulfide) groups is 1. The summed E-state index contributed by atoms with van der Waals surface area (Å²) in [5, 5.41) is 8.53. The Morgan fingerprint density at radius 1 is 1.50 bits per heavy atom. The molecule has 4 N–H and O–H groups in total. The number of nitrogens with zero attached hydrogens (tertiary/aromatic N) is 3. The average Bonchev–Trinajstić information content (AvgIpc) is 2.51. The smallest absolute Gasteiger partial charge is 0.209 e. The van der Waals surface area contributed by atoms with Gasteiger partial charge >= 0.3 is 0 Å². The van der Waals surface area contributed by atoms with E-state index in [1.54, 1.807) is 18.9 Å². The van der Waals surface area contributed by atoms with Gasteiger partial charge < -0.3 is 16.3 Å². The topological polar surface area (TPSA) is 92.0 Å². The Hall–Kier alpha value is -0.790. The van der Waals surface area contributed by atoms with Gasteiger partial charge in [0.1, 0.15) is 6.61 Å². The van der Waals surface area contributed by atoms with Gasteiger partial charge in [0.05, 0.1) is 0 Å². The van der Waals surface area contributed by atoms with Crippen LogP contribution in [0.15, 0.2) is 5.16 Å². The van der Waals surface area contributed by atoms with Crippen LogP contribution < -0.4 is 11.6 Å². The fourth-order valence-electron chi connectivity index (χ4n) is 0.880. The molecule has 0 bridgehead atoms. The van der Waals surface area contributed by atoms with Crippen molar-refractivity contribution < 1.29 is 4.74 Å². The lowest BCUT2D eigenvalue weighted by Gasteiger charge is -2.01. The first-order chi connectivity index (χ1) is 6.79. The maximum absolute atomic E-state index is 5.73. The van der Waals surface area contributed by atoms with Crippen molar-refractivity contribution >= 4 is 11.8 Å². The van der Waals surface area contributed by atoms with Crippen LogP contribution >= 0.6 is 11.8 Å². The fourth-order valence-corrected chi connectivity index (χ4v) is 1.72. The van der Waals surface area contributed by atoms with E-state index < -0.39 is 0 Å². The van der Waals surface area contributed by atoms with E-state index >= 15 is 0 Å². The molecule has 0 aliphatic rings. The summed E-state index contributed by atoms with van der Waals surface area (Å²) in [6, 6.07) is 0. The molecule has 0 aliphatic heterocycles. The second-order valence-corrected chi connectivity index (χ2v) is 3.75. The van der Waals surface area contributed by atoms with Crippen molar-refractivity contribution in [3.8, 4) is 0 Å². The number of hydrogen-bond acceptors (Lipinski definition) is 6. The van der Waals surface area contributed by atoms with E-state index in [1.807, 2.05) is 0 Å². The molecule has 0 radical (unpaired) electrons. The summed E-state index contributed by atoms with van der Waals surface area (Å²) in [6.07, 6.45) is 0.942. The zero-order valence-corrected chi connectivity index (χ0v) is 8.96. The highest BCUT2D eigenvalue weighted by atomic mass is 32.2. The van der Waals surface area contributed by atoms with Crippen molar-refractivity contribution in [1.29, 1.82) is 0 Å². The Balaban J connectivity index is 2.51. The summed E-state index contributed by atoms with van der Waals surface area (Å²) in [5.41, 5.74) is 5.38. The number of hydrogen-bond donors (Lipinski definition) is 2. The molecule has 80 valence electrons. The molecule has 0 spiro atoms. The lowest BCUT2D eigenvalue weighted by molar-refractivity contribution is 0.175. The first-order valence-corrected chi connectivity index (χ1v) is 5.29. The highest BCUT2D eigenvalue weighted by Crippen LogP contribution is 2.15. The molecule has 14 heavy (non-hydrogen) atoms. The number of rotatable bonds is 6. The van der Waals surface area contributed by atoms with Crippen molar-refractivity contribution in [2.45, 2.75) is 18.2 Å². The van der Waals surface area contributed by atoms with Crippen LogP contribution in [-0.2, 0) is 11.3 Å². The quantitative estimate of drug-likeness (QED) is 0.382. The Labute approximate surface area is 87.0 Å². The summed E-state index contributed by atoms with van der Waals surface area (Å²) in [6.45, 7) is 1.05. The zero-order chi connectivity index (χ0) is 10.4. The molecule has 0 atom stereocenters. The van der Waals surface area contributed by atoms with Gasteiger partial charge in [-0.2, -0.15) is 0 Å². The maximum Gasteiger partial charge on any atom is 0.209 e. The summed E-state index contributed by atoms with van der Waals surface area (Å²) >= 11 is 1.55. The SMILES string of the molecule is COCc1nnc(SCCCN)n1N. The van der Waals surface area contributed by atoms with Crippen molar-refractivity contribution in [3.05, 3.63) is 5.82 Å². The van der Waals surface area contributed by atoms with Gasteiger partial charge in [0.15, 0.2) is 5.82 Å². The predicted molar refractivity (Wildman–Crippen MR) is 55.3 cm³/mol. The molecule has 7 heteroatoms. The van der Waals surface area contributed by atoms with Crippen LogP contribution in [0.3, 0.4) is 0 Å². The minimum Gasteiger partial charge on any atom is -0.377 e. The Morgan fingerprint density at radius 2 is 2.29 bits per heavy atom. The van der Waals surface area contributed by atoms with Crippen molar-refractivity contribution in [2.24, 2.45) is 5.73 Å². The highest BCUT2D eigenvalue weighted by Gasteiger charge is 2.08. The van der Waals surface area contributed by atoms with Crippen LogP contribution in [0.4, 0.5) is 0 Å². The number of ether oxygens (including phenoxy) is 1. The molecule has 0 aromatic carbocycles. The summed E-state index contributed by atoms with van der Waals surface area (Å²) in [4.78, 5) is 0. The lowest BCUT2D eigenvalue weighted by atomic mass is 10.5. The monoisotopic (exact) mass is 217 g/mol. The van der Waals surface area contributed by atoms with Gasteiger partial charge in [-0.3, -0.25) is 0 Å². The standard InChI is InChI=1S/C7H15N5OS/c1-13-5-6-10-11-7(12(6)9)14-4-2-3-8/h2-5,8-9H2,1H3. The first-order valence-electron chi connectivity index (χ1n) is 4.30. The lowest BCUT2D eigenvalue weighted by Crippen LogP contribution is -2.14. The van der Waals surface area contributed by atoms with E-state index in [2.05, 4.69) is 10.2 Å². The molecule has 1 rings (SSSR count). The van der Waals surface area contributed by atoms with Gasteiger partial charge in [-0.25, -0.2) is 4.68 Å². The van der Waals surface area contributed by atoms with E-state index in [0.29, 0.717) is 24.1 Å². The Morgan fingerprint density at radius 3 is 2.93 bits per heavy atom.